The van der Waals surface area contributed by atoms with Crippen molar-refractivity contribution in [1.82, 2.24) is 15.5 Å². The van der Waals surface area contributed by atoms with Crippen LogP contribution in [-0.2, 0) is 25.7 Å². The van der Waals surface area contributed by atoms with Gasteiger partial charge in [-0.15, -0.1) is 0 Å². The van der Waals surface area contributed by atoms with Crippen molar-refractivity contribution in [2.75, 3.05) is 40.5 Å². The van der Waals surface area contributed by atoms with E-state index >= 15 is 0 Å². The van der Waals surface area contributed by atoms with Crippen molar-refractivity contribution in [1.29, 1.82) is 0 Å². The van der Waals surface area contributed by atoms with Gasteiger partial charge in [-0.2, -0.15) is 13.2 Å². The molecule has 10 nitrogen and oxygen atoms in total. The monoisotopic (exact) mass is 589 g/mol. The summed E-state index contributed by atoms with van der Waals surface area (Å²) in [6.45, 7) is 8.75. The van der Waals surface area contributed by atoms with E-state index in [0.29, 0.717) is 45.0 Å². The highest BCUT2D eigenvalue weighted by molar-refractivity contribution is 5.82. The van der Waals surface area contributed by atoms with Crippen LogP contribution in [0, 0.1) is 11.3 Å². The second kappa shape index (κ2) is 15.2. The predicted molar refractivity (Wildman–Crippen MR) is 145 cm³/mol. The Bertz CT molecular complexity index is 1030. The van der Waals surface area contributed by atoms with Crippen molar-refractivity contribution in [3.63, 3.8) is 0 Å². The van der Waals surface area contributed by atoms with Gasteiger partial charge in [-0.05, 0) is 37.0 Å². The molecule has 1 aromatic carbocycles. The van der Waals surface area contributed by atoms with E-state index < -0.39 is 17.6 Å². The van der Waals surface area contributed by atoms with Crippen LogP contribution >= 0.6 is 0 Å². The molecule has 0 aromatic heterocycles. The van der Waals surface area contributed by atoms with Gasteiger partial charge in [0.2, 0.25) is 11.8 Å². The van der Waals surface area contributed by atoms with Crippen LogP contribution in [-0.4, -0.2) is 86.6 Å². The lowest BCUT2D eigenvalue weighted by Gasteiger charge is -2.35. The fraction of sp³-hybridized carbons (Fsp3) is 0.679. The van der Waals surface area contributed by atoms with Gasteiger partial charge in [0.05, 0.1) is 19.6 Å². The summed E-state index contributed by atoms with van der Waals surface area (Å²) in [4.78, 5) is 36.9. The van der Waals surface area contributed by atoms with Crippen LogP contribution in [0.25, 0.3) is 0 Å². The zero-order valence-corrected chi connectivity index (χ0v) is 24.3. The Morgan fingerprint density at radius 3 is 2.22 bits per heavy atom. The fourth-order valence-corrected chi connectivity index (χ4v) is 4.16. The number of halogens is 3. The number of carboxylic acid groups (broad SMARTS) is 1. The molecule has 2 aliphatic rings. The lowest BCUT2D eigenvalue weighted by Crippen LogP contribution is -2.54. The molecule has 0 bridgehead atoms. The highest BCUT2D eigenvalue weighted by Crippen LogP contribution is 2.32. The first-order valence-electron chi connectivity index (χ1n) is 13.6. The first-order valence-corrected chi connectivity index (χ1v) is 13.6. The van der Waals surface area contributed by atoms with E-state index in [1.165, 1.54) is 0 Å². The van der Waals surface area contributed by atoms with Crippen LogP contribution in [0.5, 0.6) is 11.5 Å². The molecule has 2 atom stereocenters. The Morgan fingerprint density at radius 2 is 1.68 bits per heavy atom. The van der Waals surface area contributed by atoms with Crippen molar-refractivity contribution in [3.05, 3.63) is 23.8 Å². The second-order valence-corrected chi connectivity index (χ2v) is 11.2. The third-order valence-corrected chi connectivity index (χ3v) is 6.52. The van der Waals surface area contributed by atoms with Gasteiger partial charge < -0.3 is 34.9 Å². The Kier molecular flexibility index (Phi) is 12.7. The maximum absolute atomic E-state index is 13.6. The topological polar surface area (TPSA) is 126 Å². The number of hydrogen-bond acceptors (Lipinski definition) is 7. The minimum Gasteiger partial charge on any atom is -0.497 e. The number of alkyl halides is 3. The van der Waals surface area contributed by atoms with Crippen LogP contribution in [0.2, 0.25) is 0 Å². The zero-order chi connectivity index (χ0) is 30.8. The minimum absolute atomic E-state index is 0.0147. The fourth-order valence-electron chi connectivity index (χ4n) is 4.16. The summed E-state index contributed by atoms with van der Waals surface area (Å²) < 4.78 is 48.2. The predicted octanol–water partition coefficient (Wildman–Crippen LogP) is 3.38. The maximum atomic E-state index is 13.6. The van der Waals surface area contributed by atoms with Crippen molar-refractivity contribution in [3.8, 4) is 11.5 Å². The van der Waals surface area contributed by atoms with Crippen molar-refractivity contribution in [2.24, 2.45) is 11.3 Å². The number of aliphatic carboxylic acids is 1. The number of carbonyl (C=O) groups excluding carboxylic acids is 2. The quantitative estimate of drug-likeness (QED) is 0.336. The molecule has 1 saturated heterocycles. The lowest BCUT2D eigenvalue weighted by atomic mass is 9.91. The summed E-state index contributed by atoms with van der Waals surface area (Å²) >= 11 is 0. The standard InChI is InChI=1S/C26H41N3O5.C2HF3O2/c1-26(2,3)25(31)28-20-13-19(15-27-16-20)24(30)29(21-7-8-21)17-18-11-22(33-5)14-23(12-18)34-10-6-9-32-4;3-2(4,5)1(6)7/h11-12,14,19-21,27H,6-10,13,15-17H2,1-5H3,(H,28,31);(H,6,7)/t19-,20+;/m0./s1. The van der Waals surface area contributed by atoms with Gasteiger partial charge in [-0.3, -0.25) is 9.59 Å². The van der Waals surface area contributed by atoms with Gasteiger partial charge in [0, 0.05) is 63.3 Å². The molecule has 1 heterocycles. The van der Waals surface area contributed by atoms with E-state index in [0.717, 1.165) is 30.6 Å². The molecule has 1 saturated carbocycles. The Labute approximate surface area is 238 Å². The summed E-state index contributed by atoms with van der Waals surface area (Å²) in [5.41, 5.74) is 0.537. The molecule has 0 unspecified atom stereocenters. The highest BCUT2D eigenvalue weighted by atomic mass is 19.4. The van der Waals surface area contributed by atoms with E-state index in [-0.39, 0.29) is 29.8 Å². The molecular weight excluding hydrogens is 547 g/mol. The SMILES string of the molecule is COCCCOc1cc(CN(C(=O)[C@@H]2CNC[C@H](NC(=O)C(C)(C)C)C2)C2CC2)cc(OC)c1.O=C(O)C(F)(F)F. The largest absolute Gasteiger partial charge is 0.497 e. The van der Waals surface area contributed by atoms with Crippen molar-refractivity contribution < 1.29 is 46.9 Å². The van der Waals surface area contributed by atoms with Crippen LogP contribution in [0.4, 0.5) is 13.2 Å². The van der Waals surface area contributed by atoms with Crippen LogP contribution in [0.3, 0.4) is 0 Å². The smallest absolute Gasteiger partial charge is 0.490 e. The number of amides is 2. The highest BCUT2D eigenvalue weighted by Gasteiger charge is 2.39. The van der Waals surface area contributed by atoms with Gasteiger partial charge >= 0.3 is 12.1 Å². The van der Waals surface area contributed by atoms with Gasteiger partial charge in [0.25, 0.3) is 0 Å². The molecule has 2 amide bonds. The zero-order valence-electron chi connectivity index (χ0n) is 24.3. The molecule has 1 aromatic rings. The van der Waals surface area contributed by atoms with Crippen LogP contribution in [0.1, 0.15) is 52.0 Å². The number of piperidine rings is 1. The molecule has 1 aliphatic heterocycles. The van der Waals surface area contributed by atoms with Gasteiger partial charge in [-0.1, -0.05) is 20.8 Å². The molecule has 232 valence electrons. The molecular formula is C28H42F3N3O7. The Balaban J connectivity index is 0.000000745. The number of nitrogens with zero attached hydrogens (tertiary/aromatic N) is 1. The first kappa shape index (κ1) is 34.1. The summed E-state index contributed by atoms with van der Waals surface area (Å²) in [5.74, 6) is -1.30. The van der Waals surface area contributed by atoms with E-state index in [1.54, 1.807) is 14.2 Å². The Morgan fingerprint density at radius 1 is 1.05 bits per heavy atom. The molecule has 41 heavy (non-hydrogen) atoms. The molecule has 2 fully saturated rings. The molecule has 1 aliphatic carbocycles. The summed E-state index contributed by atoms with van der Waals surface area (Å²) in [7, 11) is 3.31. The first-order chi connectivity index (χ1) is 19.1. The number of carbonyl (C=O) groups is 3. The summed E-state index contributed by atoms with van der Waals surface area (Å²) in [5, 5.41) is 13.6. The van der Waals surface area contributed by atoms with Gasteiger partial charge in [0.15, 0.2) is 0 Å². The van der Waals surface area contributed by atoms with Gasteiger partial charge in [-0.25, -0.2) is 4.79 Å². The third kappa shape index (κ3) is 11.8. The van der Waals surface area contributed by atoms with Crippen LogP contribution < -0.4 is 20.1 Å². The third-order valence-electron chi connectivity index (χ3n) is 6.52. The van der Waals surface area contributed by atoms with Crippen LogP contribution in [0.15, 0.2) is 18.2 Å². The van der Waals surface area contributed by atoms with Crippen molar-refractivity contribution >= 4 is 17.8 Å². The molecule has 13 heteroatoms. The Hall–Kier alpha value is -3.06. The van der Waals surface area contributed by atoms with Crippen molar-refractivity contribution in [2.45, 2.75) is 71.3 Å². The number of nitrogens with one attached hydrogen (secondary N) is 2. The molecule has 0 radical (unpaired) electrons. The summed E-state index contributed by atoms with van der Waals surface area (Å²) in [6, 6.07) is 6.06. The average Bonchev–Trinajstić information content (AvgIpc) is 3.74. The number of methoxy groups -OCH3 is 2. The van der Waals surface area contributed by atoms with E-state index in [1.807, 2.05) is 43.9 Å². The summed E-state index contributed by atoms with van der Waals surface area (Å²) in [6.07, 6.45) is -1.57. The lowest BCUT2D eigenvalue weighted by molar-refractivity contribution is -0.192. The minimum atomic E-state index is -5.08. The number of benzene rings is 1. The average molecular weight is 590 g/mol. The van der Waals surface area contributed by atoms with E-state index in [2.05, 4.69) is 10.6 Å². The maximum Gasteiger partial charge on any atom is 0.490 e. The number of ether oxygens (including phenoxy) is 3. The molecule has 3 N–H and O–H groups in total. The molecule has 3 rings (SSSR count). The number of hydrogen-bond donors (Lipinski definition) is 3. The molecule has 0 spiro atoms. The number of carboxylic acids is 1. The van der Waals surface area contributed by atoms with E-state index in [9.17, 15) is 22.8 Å². The normalized spacial score (nSPS) is 18.9. The number of rotatable bonds is 11. The van der Waals surface area contributed by atoms with E-state index in [4.69, 9.17) is 24.1 Å². The van der Waals surface area contributed by atoms with Gasteiger partial charge in [0.1, 0.15) is 11.5 Å². The second-order valence-electron chi connectivity index (χ2n) is 11.2.